The third-order valence-electron chi connectivity index (χ3n) is 1.30. The first-order chi connectivity index (χ1) is 4.83. The van der Waals surface area contributed by atoms with Crippen LogP contribution in [0.15, 0.2) is 12.4 Å². The molecule has 0 unspecified atom stereocenters. The van der Waals surface area contributed by atoms with Crippen LogP contribution >= 0.6 is 0 Å². The zero-order valence-corrected chi connectivity index (χ0v) is 6.12. The molecule has 10 heavy (non-hydrogen) atoms. The lowest BCUT2D eigenvalue weighted by atomic mass is 10.7. The maximum Gasteiger partial charge on any atom is 0.104 e. The monoisotopic (exact) mass is 143 g/mol. The van der Waals surface area contributed by atoms with Gasteiger partial charge in [-0.1, -0.05) is 0 Å². The van der Waals surface area contributed by atoms with E-state index in [1.807, 2.05) is 29.4 Å². The fourth-order valence-electron chi connectivity index (χ4n) is 0.825. The topological polar surface area (TPSA) is 38.7 Å². The first-order valence-electron chi connectivity index (χ1n) is 3.32. The van der Waals surface area contributed by atoms with E-state index in [4.69, 9.17) is 5.11 Å². The van der Waals surface area contributed by atoms with E-state index >= 15 is 0 Å². The van der Waals surface area contributed by atoms with Crippen molar-refractivity contribution in [1.29, 1.82) is 0 Å². The van der Waals surface area contributed by atoms with Crippen molar-refractivity contribution in [2.24, 2.45) is 0 Å². The number of hydrogen-bond donors (Lipinski definition) is 2. The van der Waals surface area contributed by atoms with Gasteiger partial charge in [-0.2, -0.15) is 0 Å². The maximum absolute atomic E-state index is 8.47. The molecule has 2 N–H and O–H groups in total. The molecule has 4 nitrogen and oxygen atoms in total. The van der Waals surface area contributed by atoms with Gasteiger partial charge in [-0.15, -0.1) is 0 Å². The number of hydrogen-bond acceptors (Lipinski definition) is 4. The molecule has 0 bridgehead atoms. The summed E-state index contributed by atoms with van der Waals surface area (Å²) in [4.78, 5) is 2.05. The highest BCUT2D eigenvalue weighted by atomic mass is 16.3. The summed E-state index contributed by atoms with van der Waals surface area (Å²) in [7, 11) is 2.00. The Morgan fingerprint density at radius 1 is 1.60 bits per heavy atom. The van der Waals surface area contributed by atoms with Gasteiger partial charge < -0.3 is 10.0 Å². The third-order valence-corrected chi connectivity index (χ3v) is 1.30. The molecule has 1 aliphatic heterocycles. The van der Waals surface area contributed by atoms with Crippen molar-refractivity contribution in [2.75, 3.05) is 26.9 Å². The predicted octanol–water partition coefficient (Wildman–Crippen LogP) is -0.841. The van der Waals surface area contributed by atoms with Crippen LogP contribution in [0.5, 0.6) is 0 Å². The van der Waals surface area contributed by atoms with E-state index in [0.29, 0.717) is 6.54 Å². The van der Waals surface area contributed by atoms with Gasteiger partial charge in [-0.05, 0) is 0 Å². The van der Waals surface area contributed by atoms with Crippen LogP contribution in [0.25, 0.3) is 0 Å². The molecule has 58 valence electrons. The SMILES string of the molecule is CN1C=CN(NCCO)C1. The summed E-state index contributed by atoms with van der Waals surface area (Å²) in [5, 5.41) is 10.4. The minimum Gasteiger partial charge on any atom is -0.395 e. The van der Waals surface area contributed by atoms with E-state index in [1.165, 1.54) is 0 Å². The summed E-state index contributed by atoms with van der Waals surface area (Å²) in [6.07, 6.45) is 3.92. The molecule has 0 aliphatic carbocycles. The van der Waals surface area contributed by atoms with Crippen molar-refractivity contribution in [3.8, 4) is 0 Å². The van der Waals surface area contributed by atoms with Crippen LogP contribution < -0.4 is 5.43 Å². The predicted molar refractivity (Wildman–Crippen MR) is 38.7 cm³/mol. The molecule has 0 atom stereocenters. The van der Waals surface area contributed by atoms with Crippen LogP contribution in [0, 0.1) is 0 Å². The second-order valence-corrected chi connectivity index (χ2v) is 2.30. The summed E-state index contributed by atoms with van der Waals surface area (Å²) in [5.41, 5.74) is 3.02. The fourth-order valence-corrected chi connectivity index (χ4v) is 0.825. The van der Waals surface area contributed by atoms with Gasteiger partial charge in [0.25, 0.3) is 0 Å². The van der Waals surface area contributed by atoms with Gasteiger partial charge in [0, 0.05) is 26.0 Å². The van der Waals surface area contributed by atoms with Gasteiger partial charge in [0.2, 0.25) is 0 Å². The Hall–Kier alpha value is -0.740. The lowest BCUT2D eigenvalue weighted by molar-refractivity contribution is 0.193. The Balaban J connectivity index is 2.14. The molecule has 0 saturated carbocycles. The van der Waals surface area contributed by atoms with Gasteiger partial charge in [-0.25, -0.2) is 5.43 Å². The molecule has 0 saturated heterocycles. The number of hydrazine groups is 1. The van der Waals surface area contributed by atoms with Gasteiger partial charge >= 0.3 is 0 Å². The molecular weight excluding hydrogens is 130 g/mol. The molecule has 0 amide bonds. The smallest absolute Gasteiger partial charge is 0.104 e. The molecule has 1 rings (SSSR count). The van der Waals surface area contributed by atoms with E-state index in [-0.39, 0.29) is 6.61 Å². The van der Waals surface area contributed by atoms with E-state index in [1.54, 1.807) is 0 Å². The highest BCUT2D eigenvalue weighted by Gasteiger charge is 2.05. The zero-order chi connectivity index (χ0) is 7.40. The Morgan fingerprint density at radius 2 is 2.40 bits per heavy atom. The molecule has 0 radical (unpaired) electrons. The van der Waals surface area contributed by atoms with Crippen LogP contribution in [-0.2, 0) is 0 Å². The van der Waals surface area contributed by atoms with Crippen molar-refractivity contribution in [1.82, 2.24) is 15.3 Å². The average Bonchev–Trinajstić information content (AvgIpc) is 2.31. The van der Waals surface area contributed by atoms with Gasteiger partial charge in [0.1, 0.15) is 6.67 Å². The van der Waals surface area contributed by atoms with Gasteiger partial charge in [0.05, 0.1) is 6.61 Å². The number of rotatable bonds is 3. The van der Waals surface area contributed by atoms with Crippen LogP contribution in [0.2, 0.25) is 0 Å². The molecule has 0 aromatic carbocycles. The number of aliphatic hydroxyl groups is 1. The average molecular weight is 143 g/mol. The standard InChI is InChI=1S/C6H13N3O/c1-8-3-4-9(6-8)7-2-5-10/h3-4,7,10H,2,5-6H2,1H3. The summed E-state index contributed by atoms with van der Waals surface area (Å²) in [6, 6.07) is 0. The van der Waals surface area contributed by atoms with E-state index in [0.717, 1.165) is 6.67 Å². The molecule has 0 spiro atoms. The molecule has 4 heteroatoms. The Bertz CT molecular complexity index is 126. The van der Waals surface area contributed by atoms with Crippen LogP contribution in [-0.4, -0.2) is 41.9 Å². The Morgan fingerprint density at radius 3 is 2.90 bits per heavy atom. The molecule has 0 aromatic rings. The lowest BCUT2D eigenvalue weighted by Gasteiger charge is -2.18. The largest absolute Gasteiger partial charge is 0.395 e. The van der Waals surface area contributed by atoms with E-state index < -0.39 is 0 Å². The molecular formula is C6H13N3O. The summed E-state index contributed by atoms with van der Waals surface area (Å²) in [5.74, 6) is 0. The summed E-state index contributed by atoms with van der Waals surface area (Å²) in [6.45, 7) is 1.63. The fraction of sp³-hybridized carbons (Fsp3) is 0.667. The van der Waals surface area contributed by atoms with E-state index in [2.05, 4.69) is 5.43 Å². The Labute approximate surface area is 60.7 Å². The maximum atomic E-state index is 8.47. The zero-order valence-electron chi connectivity index (χ0n) is 6.12. The summed E-state index contributed by atoms with van der Waals surface area (Å²) < 4.78 is 0. The molecule has 0 fully saturated rings. The number of nitrogens with zero attached hydrogens (tertiary/aromatic N) is 2. The van der Waals surface area contributed by atoms with Crippen molar-refractivity contribution >= 4 is 0 Å². The van der Waals surface area contributed by atoms with Crippen molar-refractivity contribution in [3.05, 3.63) is 12.4 Å². The highest BCUT2D eigenvalue weighted by molar-refractivity contribution is 4.86. The third kappa shape index (κ3) is 1.89. The minimum absolute atomic E-state index is 0.175. The second kappa shape index (κ2) is 3.43. The lowest BCUT2D eigenvalue weighted by Crippen LogP contribution is -2.36. The number of aliphatic hydroxyl groups excluding tert-OH is 1. The first-order valence-corrected chi connectivity index (χ1v) is 3.32. The molecule has 1 aliphatic rings. The molecule has 0 aromatic heterocycles. The summed E-state index contributed by atoms with van der Waals surface area (Å²) >= 11 is 0. The van der Waals surface area contributed by atoms with Crippen molar-refractivity contribution in [3.63, 3.8) is 0 Å². The Kier molecular flexibility index (Phi) is 2.53. The van der Waals surface area contributed by atoms with Crippen LogP contribution in [0.4, 0.5) is 0 Å². The van der Waals surface area contributed by atoms with Crippen molar-refractivity contribution < 1.29 is 5.11 Å². The van der Waals surface area contributed by atoms with Gasteiger partial charge in [0.15, 0.2) is 0 Å². The van der Waals surface area contributed by atoms with Crippen LogP contribution in [0.3, 0.4) is 0 Å². The highest BCUT2D eigenvalue weighted by Crippen LogP contribution is 1.98. The van der Waals surface area contributed by atoms with Crippen LogP contribution in [0.1, 0.15) is 0 Å². The quantitative estimate of drug-likeness (QED) is 0.540. The second-order valence-electron chi connectivity index (χ2n) is 2.30. The van der Waals surface area contributed by atoms with E-state index in [9.17, 15) is 0 Å². The van der Waals surface area contributed by atoms with Gasteiger partial charge in [-0.3, -0.25) is 5.01 Å². The molecule has 1 heterocycles. The normalized spacial score (nSPS) is 17.0. The number of nitrogens with one attached hydrogen (secondary N) is 1. The minimum atomic E-state index is 0.175. The van der Waals surface area contributed by atoms with Crippen molar-refractivity contribution in [2.45, 2.75) is 0 Å². The first kappa shape index (κ1) is 7.37.